The molecule has 0 aromatic heterocycles. The third-order valence-corrected chi connectivity index (χ3v) is 6.03. The predicted molar refractivity (Wildman–Crippen MR) is 129 cm³/mol. The normalized spacial score (nSPS) is 15.8. The highest BCUT2D eigenvalue weighted by molar-refractivity contribution is 8.18. The summed E-state index contributed by atoms with van der Waals surface area (Å²) in [6, 6.07) is 10.6. The largest absolute Gasteiger partial charge is 0.506 e. The van der Waals surface area contributed by atoms with Gasteiger partial charge in [-0.15, -0.1) is 0 Å². The Kier molecular flexibility index (Phi) is 7.60. The fourth-order valence-corrected chi connectivity index (χ4v) is 4.25. The summed E-state index contributed by atoms with van der Waals surface area (Å²) >= 11 is 1.03. The standard InChI is InChI=1S/C25H25NO6S/c1-6-32-25(29)21-22(27)20(13-16-12-19(31-5)18(30-4)11-15(16)3)33-24(21)26-23(28)17-10-8-7-9-14(17)2/h7-13,27H,6H2,1-5H3/b20-13-,26-24?. The molecule has 1 aliphatic heterocycles. The maximum Gasteiger partial charge on any atom is 0.344 e. The molecule has 0 aliphatic carbocycles. The summed E-state index contributed by atoms with van der Waals surface area (Å²) in [7, 11) is 3.09. The maximum absolute atomic E-state index is 12.8. The Balaban J connectivity index is 2.08. The van der Waals surface area contributed by atoms with Crippen molar-refractivity contribution in [3.8, 4) is 11.5 Å². The quantitative estimate of drug-likeness (QED) is 0.596. The van der Waals surface area contributed by atoms with E-state index in [9.17, 15) is 14.7 Å². The van der Waals surface area contributed by atoms with Crippen molar-refractivity contribution in [2.24, 2.45) is 4.99 Å². The lowest BCUT2D eigenvalue weighted by Gasteiger charge is -2.11. The number of carbonyl (C=O) groups excluding carboxylic acids is 2. The van der Waals surface area contributed by atoms with E-state index in [1.54, 1.807) is 51.3 Å². The van der Waals surface area contributed by atoms with Crippen LogP contribution in [0.2, 0.25) is 0 Å². The van der Waals surface area contributed by atoms with Crippen molar-refractivity contribution >= 4 is 34.8 Å². The molecule has 3 rings (SSSR count). The summed E-state index contributed by atoms with van der Waals surface area (Å²) in [5.74, 6) is -0.436. The molecule has 0 radical (unpaired) electrons. The van der Waals surface area contributed by atoms with Crippen LogP contribution in [0.4, 0.5) is 0 Å². The molecule has 0 saturated heterocycles. The zero-order valence-corrected chi connectivity index (χ0v) is 19.9. The van der Waals surface area contributed by atoms with Crippen molar-refractivity contribution in [2.45, 2.75) is 20.8 Å². The number of methoxy groups -OCH3 is 2. The van der Waals surface area contributed by atoms with Crippen LogP contribution >= 0.6 is 11.8 Å². The Morgan fingerprint density at radius 2 is 1.73 bits per heavy atom. The van der Waals surface area contributed by atoms with Gasteiger partial charge in [-0.3, -0.25) is 4.79 Å². The molecule has 33 heavy (non-hydrogen) atoms. The molecule has 0 fully saturated rings. The van der Waals surface area contributed by atoms with E-state index in [1.807, 2.05) is 19.1 Å². The van der Waals surface area contributed by atoms with Crippen molar-refractivity contribution in [3.63, 3.8) is 0 Å². The monoisotopic (exact) mass is 467 g/mol. The first-order chi connectivity index (χ1) is 15.8. The number of hydrogen-bond acceptors (Lipinski definition) is 7. The van der Waals surface area contributed by atoms with E-state index in [1.165, 1.54) is 7.11 Å². The molecule has 7 nitrogen and oxygen atoms in total. The second kappa shape index (κ2) is 10.4. The summed E-state index contributed by atoms with van der Waals surface area (Å²) in [6.07, 6.45) is 1.71. The first kappa shape index (κ1) is 24.1. The zero-order chi connectivity index (χ0) is 24.1. The van der Waals surface area contributed by atoms with Gasteiger partial charge in [0.25, 0.3) is 5.91 Å². The van der Waals surface area contributed by atoms with Gasteiger partial charge in [0.2, 0.25) is 0 Å². The van der Waals surface area contributed by atoms with Crippen molar-refractivity contribution in [3.05, 3.63) is 74.9 Å². The number of aliphatic imine (C=N–C) groups is 1. The van der Waals surface area contributed by atoms with Crippen LogP contribution in [0.3, 0.4) is 0 Å². The van der Waals surface area contributed by atoms with Crippen LogP contribution in [-0.4, -0.2) is 42.9 Å². The Morgan fingerprint density at radius 3 is 2.36 bits per heavy atom. The number of aryl methyl sites for hydroxylation is 2. The topological polar surface area (TPSA) is 94.4 Å². The third-order valence-electron chi connectivity index (χ3n) is 5.01. The number of carbonyl (C=O) groups is 2. The molecule has 2 aromatic rings. The molecule has 8 heteroatoms. The summed E-state index contributed by atoms with van der Waals surface area (Å²) in [5.41, 5.74) is 2.66. The SMILES string of the molecule is CCOC(=O)C1=C(O)/C(=C/c2cc(OC)c(OC)cc2C)SC1=NC(=O)c1ccccc1C. The van der Waals surface area contributed by atoms with Crippen LogP contribution in [0.25, 0.3) is 6.08 Å². The molecule has 0 spiro atoms. The van der Waals surface area contributed by atoms with Gasteiger partial charge in [0, 0.05) is 5.56 Å². The van der Waals surface area contributed by atoms with Crippen LogP contribution < -0.4 is 9.47 Å². The number of aliphatic hydroxyl groups is 1. The average molecular weight is 468 g/mol. The number of nitrogens with zero attached hydrogens (tertiary/aromatic N) is 1. The van der Waals surface area contributed by atoms with Crippen molar-refractivity contribution in [1.82, 2.24) is 0 Å². The molecule has 0 unspecified atom stereocenters. The lowest BCUT2D eigenvalue weighted by molar-refractivity contribution is -0.138. The Labute approximate surface area is 196 Å². The average Bonchev–Trinajstić information content (AvgIpc) is 3.09. The number of hydrogen-bond donors (Lipinski definition) is 1. The van der Waals surface area contributed by atoms with Gasteiger partial charge in [0.05, 0.1) is 25.7 Å². The maximum atomic E-state index is 12.8. The Hall–Kier alpha value is -3.52. The second-order valence-electron chi connectivity index (χ2n) is 7.16. The van der Waals surface area contributed by atoms with Crippen molar-refractivity contribution < 1.29 is 28.9 Å². The molecule has 1 amide bonds. The zero-order valence-electron chi connectivity index (χ0n) is 19.1. The molecule has 1 heterocycles. The van der Waals surface area contributed by atoms with E-state index >= 15 is 0 Å². The highest BCUT2D eigenvalue weighted by atomic mass is 32.2. The minimum Gasteiger partial charge on any atom is -0.506 e. The number of aliphatic hydroxyl groups excluding tert-OH is 1. The molecular formula is C25H25NO6S. The molecule has 1 aliphatic rings. The Morgan fingerprint density at radius 1 is 1.06 bits per heavy atom. The molecule has 0 saturated carbocycles. The molecular weight excluding hydrogens is 442 g/mol. The van der Waals surface area contributed by atoms with Gasteiger partial charge < -0.3 is 19.3 Å². The van der Waals surface area contributed by atoms with Crippen molar-refractivity contribution in [1.29, 1.82) is 0 Å². The lowest BCUT2D eigenvalue weighted by atomic mass is 10.1. The summed E-state index contributed by atoms with van der Waals surface area (Å²) < 4.78 is 15.8. The smallest absolute Gasteiger partial charge is 0.344 e. The molecule has 0 atom stereocenters. The van der Waals surface area contributed by atoms with E-state index in [2.05, 4.69) is 4.99 Å². The fraction of sp³-hybridized carbons (Fsp3) is 0.240. The van der Waals surface area contributed by atoms with Gasteiger partial charge in [0.15, 0.2) is 11.5 Å². The fourth-order valence-electron chi connectivity index (χ4n) is 3.25. The van der Waals surface area contributed by atoms with E-state index in [4.69, 9.17) is 14.2 Å². The molecule has 0 bridgehead atoms. The van der Waals surface area contributed by atoms with Crippen LogP contribution in [0.15, 0.2) is 57.6 Å². The minimum absolute atomic E-state index is 0.0867. The number of esters is 1. The lowest BCUT2D eigenvalue weighted by Crippen LogP contribution is -2.14. The van der Waals surface area contributed by atoms with Crippen LogP contribution in [0.5, 0.6) is 11.5 Å². The number of thioether (sulfide) groups is 1. The number of ether oxygens (including phenoxy) is 3. The van der Waals surface area contributed by atoms with E-state index in [0.29, 0.717) is 22.0 Å². The van der Waals surface area contributed by atoms with Crippen molar-refractivity contribution in [2.75, 3.05) is 20.8 Å². The number of benzene rings is 2. The van der Waals surface area contributed by atoms with Gasteiger partial charge in [-0.05, 0) is 61.7 Å². The molecule has 1 N–H and O–H groups in total. The van der Waals surface area contributed by atoms with Gasteiger partial charge in [-0.1, -0.05) is 30.0 Å². The van der Waals surface area contributed by atoms with E-state index < -0.39 is 11.9 Å². The van der Waals surface area contributed by atoms with Gasteiger partial charge in [-0.2, -0.15) is 0 Å². The summed E-state index contributed by atoms with van der Waals surface area (Å²) in [6.45, 7) is 5.47. The summed E-state index contributed by atoms with van der Waals surface area (Å²) in [5, 5.41) is 11.0. The highest BCUT2D eigenvalue weighted by Crippen LogP contribution is 2.41. The minimum atomic E-state index is -0.744. The second-order valence-corrected chi connectivity index (χ2v) is 8.19. The highest BCUT2D eigenvalue weighted by Gasteiger charge is 2.34. The molecule has 172 valence electrons. The number of rotatable bonds is 6. The van der Waals surface area contributed by atoms with Crippen LogP contribution in [-0.2, 0) is 9.53 Å². The first-order valence-corrected chi connectivity index (χ1v) is 11.0. The van der Waals surface area contributed by atoms with Crippen LogP contribution in [0, 0.1) is 13.8 Å². The van der Waals surface area contributed by atoms with Gasteiger partial charge >= 0.3 is 5.97 Å². The van der Waals surface area contributed by atoms with Gasteiger partial charge in [-0.25, -0.2) is 9.79 Å². The predicted octanol–water partition coefficient (Wildman–Crippen LogP) is 5.02. The van der Waals surface area contributed by atoms with Gasteiger partial charge in [0.1, 0.15) is 16.4 Å². The van der Waals surface area contributed by atoms with E-state index in [-0.39, 0.29) is 23.0 Å². The Bertz CT molecular complexity index is 1200. The van der Waals surface area contributed by atoms with Crippen LogP contribution in [0.1, 0.15) is 34.0 Å². The summed E-state index contributed by atoms with van der Waals surface area (Å²) in [4.78, 5) is 29.9. The third kappa shape index (κ3) is 5.12. The number of amides is 1. The van der Waals surface area contributed by atoms with E-state index in [0.717, 1.165) is 28.5 Å². The molecule has 2 aromatic carbocycles. The first-order valence-electron chi connectivity index (χ1n) is 10.2.